The van der Waals surface area contributed by atoms with Crippen LogP contribution in [0.25, 0.3) is 0 Å². The average Bonchev–Trinajstić information content (AvgIpc) is 2.88. The van der Waals surface area contributed by atoms with E-state index < -0.39 is 0 Å². The van der Waals surface area contributed by atoms with Crippen molar-refractivity contribution in [3.05, 3.63) is 41.7 Å². The maximum Gasteiger partial charge on any atom is 0.273 e. The van der Waals surface area contributed by atoms with Gasteiger partial charge in [-0.1, -0.05) is 0 Å². The lowest BCUT2D eigenvalue weighted by Gasteiger charge is -2.08. The first-order valence-electron chi connectivity index (χ1n) is 6.92. The summed E-state index contributed by atoms with van der Waals surface area (Å²) in [6, 6.07) is 8.96. The van der Waals surface area contributed by atoms with Crippen molar-refractivity contribution in [2.75, 3.05) is 18.5 Å². The number of benzene rings is 1. The van der Waals surface area contributed by atoms with Gasteiger partial charge in [-0.25, -0.2) is 0 Å². The van der Waals surface area contributed by atoms with Gasteiger partial charge in [0, 0.05) is 18.8 Å². The molecule has 1 heterocycles. The molecule has 0 atom stereocenters. The van der Waals surface area contributed by atoms with Crippen LogP contribution in [0.15, 0.2) is 30.3 Å². The number of nitrogens with zero attached hydrogens (tertiary/aromatic N) is 2. The maximum absolute atomic E-state index is 12.2. The molecule has 0 fully saturated rings. The van der Waals surface area contributed by atoms with Crippen molar-refractivity contribution in [3.63, 3.8) is 0 Å². The molecule has 0 saturated heterocycles. The highest BCUT2D eigenvalue weighted by Gasteiger charge is 2.13. The number of aryl methyl sites for hydroxylation is 2. The summed E-state index contributed by atoms with van der Waals surface area (Å²) in [5.41, 5.74) is 7.47. The van der Waals surface area contributed by atoms with Crippen molar-refractivity contribution in [2.24, 2.45) is 5.73 Å². The largest absolute Gasteiger partial charge is 0.492 e. The Morgan fingerprint density at radius 1 is 1.38 bits per heavy atom. The molecular weight excluding hydrogens is 268 g/mol. The van der Waals surface area contributed by atoms with Gasteiger partial charge in [-0.2, -0.15) is 5.10 Å². The van der Waals surface area contributed by atoms with Gasteiger partial charge >= 0.3 is 0 Å². The zero-order chi connectivity index (χ0) is 15.2. The van der Waals surface area contributed by atoms with Crippen LogP contribution in [0.2, 0.25) is 0 Å². The van der Waals surface area contributed by atoms with Crippen LogP contribution in [0.4, 0.5) is 5.69 Å². The molecule has 6 nitrogen and oxygen atoms in total. The molecule has 6 heteroatoms. The Balaban J connectivity index is 2.05. The lowest BCUT2D eigenvalue weighted by atomic mass is 10.3. The molecule has 0 bridgehead atoms. The van der Waals surface area contributed by atoms with Crippen LogP contribution in [0.3, 0.4) is 0 Å². The van der Waals surface area contributed by atoms with Gasteiger partial charge in [-0.05, 0) is 44.2 Å². The second-order valence-electron chi connectivity index (χ2n) is 4.60. The van der Waals surface area contributed by atoms with E-state index in [1.807, 2.05) is 13.8 Å². The first kappa shape index (κ1) is 15.1. The van der Waals surface area contributed by atoms with E-state index in [4.69, 9.17) is 10.5 Å². The predicted molar refractivity (Wildman–Crippen MR) is 81.6 cm³/mol. The monoisotopic (exact) mass is 288 g/mol. The molecule has 0 radical (unpaired) electrons. The molecule has 1 aromatic carbocycles. The van der Waals surface area contributed by atoms with E-state index in [9.17, 15) is 4.79 Å². The fourth-order valence-electron chi connectivity index (χ4n) is 1.98. The third kappa shape index (κ3) is 3.82. The SMILES string of the molecule is CCn1nc(C)cc1C(=O)Nc1ccc(OCCN)cc1. The number of anilines is 1. The van der Waals surface area contributed by atoms with Gasteiger partial charge in [-0.15, -0.1) is 0 Å². The van der Waals surface area contributed by atoms with Crippen molar-refractivity contribution in [1.82, 2.24) is 9.78 Å². The second kappa shape index (κ2) is 6.90. The Hall–Kier alpha value is -2.34. The molecule has 0 spiro atoms. The van der Waals surface area contributed by atoms with Crippen LogP contribution in [-0.4, -0.2) is 28.8 Å². The molecule has 2 aromatic rings. The normalized spacial score (nSPS) is 10.4. The minimum Gasteiger partial charge on any atom is -0.492 e. The van der Waals surface area contributed by atoms with E-state index in [-0.39, 0.29) is 5.91 Å². The Morgan fingerprint density at radius 3 is 2.71 bits per heavy atom. The Morgan fingerprint density at radius 2 is 2.10 bits per heavy atom. The summed E-state index contributed by atoms with van der Waals surface area (Å²) in [5.74, 6) is 0.556. The van der Waals surface area contributed by atoms with Gasteiger partial charge < -0.3 is 15.8 Å². The fraction of sp³-hybridized carbons (Fsp3) is 0.333. The van der Waals surface area contributed by atoms with Crippen LogP contribution in [0.1, 0.15) is 23.1 Å². The van der Waals surface area contributed by atoms with Crippen molar-refractivity contribution >= 4 is 11.6 Å². The summed E-state index contributed by atoms with van der Waals surface area (Å²) in [6.45, 7) is 5.42. The minimum absolute atomic E-state index is 0.173. The molecule has 0 unspecified atom stereocenters. The molecule has 112 valence electrons. The number of rotatable bonds is 6. The van der Waals surface area contributed by atoms with Crippen LogP contribution in [0.5, 0.6) is 5.75 Å². The number of nitrogens with one attached hydrogen (secondary N) is 1. The van der Waals surface area contributed by atoms with Crippen LogP contribution < -0.4 is 15.8 Å². The number of hydrogen-bond donors (Lipinski definition) is 2. The van der Waals surface area contributed by atoms with Gasteiger partial charge in [0.05, 0.1) is 5.69 Å². The number of carbonyl (C=O) groups excluding carboxylic acids is 1. The van der Waals surface area contributed by atoms with E-state index in [2.05, 4.69) is 10.4 Å². The molecule has 2 rings (SSSR count). The minimum atomic E-state index is -0.173. The molecule has 1 aromatic heterocycles. The molecule has 21 heavy (non-hydrogen) atoms. The maximum atomic E-state index is 12.2. The standard InChI is InChI=1S/C15H20N4O2/c1-3-19-14(10-11(2)18-19)15(20)17-12-4-6-13(7-5-12)21-9-8-16/h4-7,10H,3,8-9,16H2,1-2H3,(H,17,20). The summed E-state index contributed by atoms with van der Waals surface area (Å²) in [5, 5.41) is 7.11. The van der Waals surface area contributed by atoms with Gasteiger partial charge in [0.1, 0.15) is 18.1 Å². The van der Waals surface area contributed by atoms with Crippen molar-refractivity contribution in [2.45, 2.75) is 20.4 Å². The Kier molecular flexibility index (Phi) is 4.94. The second-order valence-corrected chi connectivity index (χ2v) is 4.60. The molecular formula is C15H20N4O2. The van der Waals surface area contributed by atoms with Crippen molar-refractivity contribution in [1.29, 1.82) is 0 Å². The molecule has 3 N–H and O–H groups in total. The quantitative estimate of drug-likeness (QED) is 0.849. The summed E-state index contributed by atoms with van der Waals surface area (Å²) >= 11 is 0. The van der Waals surface area contributed by atoms with E-state index in [0.29, 0.717) is 31.1 Å². The van der Waals surface area contributed by atoms with Crippen LogP contribution in [0, 0.1) is 6.92 Å². The van der Waals surface area contributed by atoms with Gasteiger partial charge in [0.25, 0.3) is 5.91 Å². The Labute approximate surface area is 123 Å². The van der Waals surface area contributed by atoms with E-state index in [1.54, 1.807) is 35.0 Å². The zero-order valence-electron chi connectivity index (χ0n) is 12.3. The lowest BCUT2D eigenvalue weighted by molar-refractivity contribution is 0.101. The van der Waals surface area contributed by atoms with Gasteiger partial charge in [0.15, 0.2) is 0 Å². The first-order chi connectivity index (χ1) is 10.1. The zero-order valence-corrected chi connectivity index (χ0v) is 12.3. The van der Waals surface area contributed by atoms with Crippen molar-refractivity contribution in [3.8, 4) is 5.75 Å². The van der Waals surface area contributed by atoms with Gasteiger partial charge in [-0.3, -0.25) is 9.48 Å². The highest BCUT2D eigenvalue weighted by atomic mass is 16.5. The number of hydrogen-bond acceptors (Lipinski definition) is 4. The number of nitrogens with two attached hydrogens (primary N) is 1. The number of carbonyl (C=O) groups is 1. The predicted octanol–water partition coefficient (Wildman–Crippen LogP) is 1.80. The molecule has 0 aliphatic rings. The first-order valence-corrected chi connectivity index (χ1v) is 6.92. The Bertz CT molecular complexity index is 605. The molecule has 0 saturated carbocycles. The van der Waals surface area contributed by atoms with E-state index in [1.165, 1.54) is 0 Å². The van der Waals surface area contributed by atoms with E-state index >= 15 is 0 Å². The third-order valence-corrected chi connectivity index (χ3v) is 2.93. The third-order valence-electron chi connectivity index (χ3n) is 2.93. The smallest absolute Gasteiger partial charge is 0.273 e. The topological polar surface area (TPSA) is 82.2 Å². The summed E-state index contributed by atoms with van der Waals surface area (Å²) in [7, 11) is 0. The molecule has 0 aliphatic carbocycles. The van der Waals surface area contributed by atoms with Crippen LogP contribution in [-0.2, 0) is 6.54 Å². The van der Waals surface area contributed by atoms with E-state index in [0.717, 1.165) is 11.4 Å². The lowest BCUT2D eigenvalue weighted by Crippen LogP contribution is -2.17. The molecule has 1 amide bonds. The molecule has 0 aliphatic heterocycles. The number of amides is 1. The highest BCUT2D eigenvalue weighted by Crippen LogP contribution is 2.16. The summed E-state index contributed by atoms with van der Waals surface area (Å²) in [4.78, 5) is 12.2. The number of ether oxygens (including phenoxy) is 1. The van der Waals surface area contributed by atoms with Crippen LogP contribution >= 0.6 is 0 Å². The fourth-order valence-corrected chi connectivity index (χ4v) is 1.98. The summed E-state index contributed by atoms with van der Waals surface area (Å²) < 4.78 is 7.07. The van der Waals surface area contributed by atoms with Gasteiger partial charge in [0.2, 0.25) is 0 Å². The van der Waals surface area contributed by atoms with Crippen molar-refractivity contribution < 1.29 is 9.53 Å². The number of aromatic nitrogens is 2. The average molecular weight is 288 g/mol. The summed E-state index contributed by atoms with van der Waals surface area (Å²) in [6.07, 6.45) is 0. The highest BCUT2D eigenvalue weighted by molar-refractivity contribution is 6.03.